The molecule has 2 unspecified atom stereocenters. The minimum Gasteiger partial charge on any atom is -0.756 e. The molecular weight excluding hydrogens is 264 g/mol. The van der Waals surface area contributed by atoms with E-state index in [-0.39, 0.29) is 6.17 Å². The minimum absolute atomic E-state index is 0.272. The number of hydroxylamine groups is 2. The molecule has 110 valence electrons. The van der Waals surface area contributed by atoms with E-state index in [2.05, 4.69) is 12.2 Å². The van der Waals surface area contributed by atoms with Crippen LogP contribution in [0.3, 0.4) is 0 Å². The first kappa shape index (κ1) is 14.6. The Morgan fingerprint density at radius 1 is 1.42 bits per heavy atom. The lowest BCUT2D eigenvalue weighted by Crippen LogP contribution is -2.45. The van der Waals surface area contributed by atoms with Crippen LogP contribution in [0, 0.1) is 5.21 Å². The van der Waals surface area contributed by atoms with Crippen LogP contribution in [0.25, 0.3) is 0 Å². The van der Waals surface area contributed by atoms with Crippen molar-refractivity contribution in [2.75, 3.05) is 20.1 Å². The molecular formula is C12H23N4O2S-. The molecule has 0 bridgehead atoms. The second-order valence-corrected chi connectivity index (χ2v) is 6.65. The van der Waals surface area contributed by atoms with Gasteiger partial charge in [0.15, 0.2) is 11.2 Å². The number of unbranched alkanes of at least 4 members (excludes halogenated alkanes) is 3. The molecule has 0 aromatic carbocycles. The van der Waals surface area contributed by atoms with Gasteiger partial charge in [-0.15, -0.1) is 0 Å². The van der Waals surface area contributed by atoms with E-state index in [0.717, 1.165) is 23.6 Å². The number of hydrogen-bond acceptors (Lipinski definition) is 4. The van der Waals surface area contributed by atoms with Crippen molar-refractivity contribution >= 4 is 11.2 Å². The Balaban J connectivity index is 2.09. The van der Waals surface area contributed by atoms with Crippen molar-refractivity contribution in [3.8, 4) is 0 Å². The van der Waals surface area contributed by atoms with Crippen molar-refractivity contribution in [3.05, 3.63) is 16.7 Å². The van der Waals surface area contributed by atoms with Gasteiger partial charge in [0, 0.05) is 13.6 Å². The lowest BCUT2D eigenvalue weighted by atomic mass is 10.2. The quantitative estimate of drug-likeness (QED) is 0.775. The highest BCUT2D eigenvalue weighted by Gasteiger charge is 2.35. The Labute approximate surface area is 117 Å². The molecule has 2 atom stereocenters. The maximum absolute atomic E-state index is 12.3. The van der Waals surface area contributed by atoms with Gasteiger partial charge >= 0.3 is 0 Å². The van der Waals surface area contributed by atoms with Crippen molar-refractivity contribution in [2.24, 2.45) is 0 Å². The van der Waals surface area contributed by atoms with E-state index in [0.29, 0.717) is 18.9 Å². The number of rotatable bonds is 5. The molecule has 0 aromatic rings. The highest BCUT2D eigenvalue weighted by Crippen LogP contribution is 2.29. The van der Waals surface area contributed by atoms with E-state index in [1.54, 1.807) is 8.61 Å². The molecule has 2 rings (SSSR count). The summed E-state index contributed by atoms with van der Waals surface area (Å²) in [6.07, 6.45) is 4.15. The number of nitrogens with one attached hydrogen (secondary N) is 1. The Morgan fingerprint density at radius 3 is 2.84 bits per heavy atom. The highest BCUT2D eigenvalue weighted by atomic mass is 32.2. The van der Waals surface area contributed by atoms with E-state index < -0.39 is 11.2 Å². The van der Waals surface area contributed by atoms with Gasteiger partial charge in [-0.05, 0) is 13.3 Å². The number of likely N-dealkylation sites (N-methyl/N-ethyl adjacent to an activating group) is 1. The Kier molecular flexibility index (Phi) is 4.70. The summed E-state index contributed by atoms with van der Waals surface area (Å²) < 4.78 is 15.8. The van der Waals surface area contributed by atoms with Crippen LogP contribution in [-0.4, -0.2) is 44.2 Å². The first-order chi connectivity index (χ1) is 9.06. The van der Waals surface area contributed by atoms with Gasteiger partial charge in [-0.1, -0.05) is 26.2 Å². The van der Waals surface area contributed by atoms with Gasteiger partial charge in [0.2, 0.25) is 0 Å². The summed E-state index contributed by atoms with van der Waals surface area (Å²) in [5.74, 6) is 0.570. The summed E-state index contributed by atoms with van der Waals surface area (Å²) in [6, 6.07) is 0. The third kappa shape index (κ3) is 2.88. The number of nitrogens with zero attached hydrogens (tertiary/aromatic N) is 3. The fraction of sp³-hybridized carbons (Fsp3) is 0.833. The topological polar surface area (TPSA) is 61.9 Å². The van der Waals surface area contributed by atoms with Crippen molar-refractivity contribution in [1.82, 2.24) is 19.0 Å². The summed E-state index contributed by atoms with van der Waals surface area (Å²) in [7, 11) is 1.82. The number of hydrogen-bond donors (Lipinski definition) is 1. The predicted octanol–water partition coefficient (Wildman–Crippen LogP) is 1.31. The van der Waals surface area contributed by atoms with Gasteiger partial charge in [0.05, 0.1) is 18.4 Å². The monoisotopic (exact) mass is 287 g/mol. The van der Waals surface area contributed by atoms with E-state index in [9.17, 15) is 9.42 Å². The van der Waals surface area contributed by atoms with Crippen LogP contribution in [0.15, 0.2) is 11.5 Å². The van der Waals surface area contributed by atoms with Crippen LogP contribution in [0.5, 0.6) is 0 Å². The fourth-order valence-electron chi connectivity index (χ4n) is 2.45. The zero-order valence-electron chi connectivity index (χ0n) is 11.9. The van der Waals surface area contributed by atoms with Gasteiger partial charge < -0.3 is 15.6 Å². The third-order valence-corrected chi connectivity index (χ3v) is 4.90. The van der Waals surface area contributed by atoms with Crippen LogP contribution in [0.2, 0.25) is 0 Å². The smallest absolute Gasteiger partial charge is 0.200 e. The molecule has 0 fully saturated rings. The molecule has 1 N–H and O–H groups in total. The van der Waals surface area contributed by atoms with Crippen LogP contribution in [0.4, 0.5) is 0 Å². The molecule has 0 amide bonds. The van der Waals surface area contributed by atoms with E-state index in [4.69, 9.17) is 0 Å². The molecule has 0 aromatic heterocycles. The van der Waals surface area contributed by atoms with Gasteiger partial charge in [-0.2, -0.15) is 0 Å². The van der Waals surface area contributed by atoms with Gasteiger partial charge in [0.1, 0.15) is 5.82 Å². The van der Waals surface area contributed by atoms with Crippen molar-refractivity contribution in [3.63, 3.8) is 0 Å². The average molecular weight is 287 g/mol. The summed E-state index contributed by atoms with van der Waals surface area (Å²) >= 11 is -1.25. The van der Waals surface area contributed by atoms with Gasteiger partial charge in [-0.25, -0.2) is 8.51 Å². The predicted molar refractivity (Wildman–Crippen MR) is 76.5 cm³/mol. The minimum atomic E-state index is -1.25. The van der Waals surface area contributed by atoms with Crippen LogP contribution in [-0.2, 0) is 11.2 Å². The Hall–Kier alpha value is -0.790. The SMILES string of the molecule is CCCCCCN1C2=C(CN(C)S1=O)NC(C)N2[O-]. The Morgan fingerprint density at radius 2 is 2.16 bits per heavy atom. The molecule has 0 aliphatic carbocycles. The zero-order chi connectivity index (χ0) is 14.0. The van der Waals surface area contributed by atoms with Crippen molar-refractivity contribution in [1.29, 1.82) is 0 Å². The lowest BCUT2D eigenvalue weighted by Gasteiger charge is -2.40. The van der Waals surface area contributed by atoms with Crippen molar-refractivity contribution in [2.45, 2.75) is 45.7 Å². The first-order valence-corrected chi connectivity index (χ1v) is 7.99. The maximum atomic E-state index is 12.3. The molecule has 2 aliphatic rings. The van der Waals surface area contributed by atoms with E-state index >= 15 is 0 Å². The normalized spacial score (nSPS) is 27.8. The summed E-state index contributed by atoms with van der Waals surface area (Å²) in [6.45, 7) is 5.19. The second-order valence-electron chi connectivity index (χ2n) is 5.13. The second kappa shape index (κ2) is 6.11. The molecule has 6 nitrogen and oxygen atoms in total. The molecule has 0 saturated carbocycles. The molecule has 0 spiro atoms. The van der Waals surface area contributed by atoms with Crippen LogP contribution in [0.1, 0.15) is 39.5 Å². The van der Waals surface area contributed by atoms with Gasteiger partial charge in [0.25, 0.3) is 0 Å². The first-order valence-electron chi connectivity index (χ1n) is 6.93. The van der Waals surface area contributed by atoms with E-state index in [1.165, 1.54) is 12.8 Å². The summed E-state index contributed by atoms with van der Waals surface area (Å²) in [4.78, 5) is 0. The molecule has 7 heteroatoms. The molecule has 0 radical (unpaired) electrons. The maximum Gasteiger partial charge on any atom is 0.200 e. The molecule has 19 heavy (non-hydrogen) atoms. The zero-order valence-corrected chi connectivity index (χ0v) is 12.7. The molecule has 2 heterocycles. The largest absolute Gasteiger partial charge is 0.756 e. The third-order valence-electron chi connectivity index (χ3n) is 3.50. The lowest BCUT2D eigenvalue weighted by molar-refractivity contribution is 0.299. The standard InChI is InChI=1S/C12H23N4O2S/c1-4-5-6-7-8-15-12-11(9-14(3)19(15)18)13-10(2)16(12)17/h10,13H,4-9H2,1-3H3/q-1. The fourth-order valence-corrected chi connectivity index (χ4v) is 3.65. The summed E-state index contributed by atoms with van der Waals surface area (Å²) in [5, 5.41) is 16.2. The van der Waals surface area contributed by atoms with Crippen LogP contribution >= 0.6 is 0 Å². The summed E-state index contributed by atoms with van der Waals surface area (Å²) in [5.41, 5.74) is 0.889. The van der Waals surface area contributed by atoms with Crippen molar-refractivity contribution < 1.29 is 4.21 Å². The molecule has 2 aliphatic heterocycles. The van der Waals surface area contributed by atoms with Crippen LogP contribution < -0.4 is 5.32 Å². The highest BCUT2D eigenvalue weighted by molar-refractivity contribution is 7.80. The van der Waals surface area contributed by atoms with Gasteiger partial charge in [-0.3, -0.25) is 4.31 Å². The Bertz CT molecular complexity index is 388. The van der Waals surface area contributed by atoms with E-state index in [1.807, 2.05) is 14.0 Å². The molecule has 0 saturated heterocycles. The average Bonchev–Trinajstić information content (AvgIpc) is 2.65.